The normalized spacial score (nSPS) is 12.1. The fourth-order valence-corrected chi connectivity index (χ4v) is 1.81. The molecule has 0 amide bonds. The maximum atomic E-state index is 4.39. The number of aryl methyl sites for hydroxylation is 1. The van der Waals surface area contributed by atoms with E-state index in [1.165, 1.54) is 11.3 Å². The Hall–Kier alpha value is -0.725. The topological polar surface area (TPSA) is 17.8 Å². The molecule has 0 radical (unpaired) electrons. The molecule has 0 saturated heterocycles. The van der Waals surface area contributed by atoms with Gasteiger partial charge in [-0.1, -0.05) is 20.8 Å². The van der Waals surface area contributed by atoms with Crippen LogP contribution in [-0.4, -0.2) is 17.6 Å². The number of hydrogen-bond acceptors (Lipinski definition) is 1. The van der Waals surface area contributed by atoms with E-state index in [0.717, 1.165) is 5.59 Å². The van der Waals surface area contributed by atoms with Gasteiger partial charge in [0.1, 0.15) is 0 Å². The van der Waals surface area contributed by atoms with E-state index in [0.29, 0.717) is 0 Å². The zero-order valence-electron chi connectivity index (χ0n) is 8.89. The van der Waals surface area contributed by atoms with Crippen molar-refractivity contribution in [2.24, 2.45) is 7.05 Å². The summed E-state index contributed by atoms with van der Waals surface area (Å²) in [5, 5.41) is 4.39. The molecule has 1 rings (SSSR count). The van der Waals surface area contributed by atoms with Crippen LogP contribution in [0.4, 0.5) is 0 Å². The van der Waals surface area contributed by atoms with E-state index in [9.17, 15) is 0 Å². The molecular weight excluding hydrogens is 147 g/mol. The summed E-state index contributed by atoms with van der Waals surface area (Å²) >= 11 is 0. The lowest BCUT2D eigenvalue weighted by Crippen LogP contribution is -2.17. The van der Waals surface area contributed by atoms with Gasteiger partial charge in [0, 0.05) is 23.7 Å². The van der Waals surface area contributed by atoms with E-state index in [4.69, 9.17) is 0 Å². The van der Waals surface area contributed by atoms with Crippen LogP contribution in [0.15, 0.2) is 0 Å². The number of aromatic nitrogens is 2. The number of rotatable bonds is 0. The van der Waals surface area contributed by atoms with Crippen molar-refractivity contribution in [1.29, 1.82) is 0 Å². The standard InChI is InChI=1S/C9H17BN2/c1-6-7(9(2,3)4)12(5)11-8(6)10/h10H2,1-5H3. The van der Waals surface area contributed by atoms with Gasteiger partial charge >= 0.3 is 0 Å². The summed E-state index contributed by atoms with van der Waals surface area (Å²) in [6.07, 6.45) is 0. The predicted octanol–water partition coefficient (Wildman–Crippen LogP) is 0.284. The molecule has 0 unspecified atom stereocenters. The van der Waals surface area contributed by atoms with Gasteiger partial charge in [0.15, 0.2) is 7.85 Å². The van der Waals surface area contributed by atoms with Gasteiger partial charge in [-0.05, 0) is 12.5 Å². The molecule has 3 heteroatoms. The van der Waals surface area contributed by atoms with Crippen LogP contribution >= 0.6 is 0 Å². The van der Waals surface area contributed by atoms with Crippen molar-refractivity contribution in [3.63, 3.8) is 0 Å². The van der Waals surface area contributed by atoms with Crippen molar-refractivity contribution in [3.05, 3.63) is 11.3 Å². The average Bonchev–Trinajstić information content (AvgIpc) is 2.05. The zero-order valence-corrected chi connectivity index (χ0v) is 8.89. The Morgan fingerprint density at radius 3 is 2.00 bits per heavy atom. The Balaban J connectivity index is 3.32. The quantitative estimate of drug-likeness (QED) is 0.504. The zero-order chi connectivity index (χ0) is 9.52. The molecule has 1 aromatic rings. The molecule has 0 saturated carbocycles. The van der Waals surface area contributed by atoms with Crippen molar-refractivity contribution < 1.29 is 0 Å². The first-order valence-corrected chi connectivity index (χ1v) is 4.34. The van der Waals surface area contributed by atoms with Crippen LogP contribution in [0.3, 0.4) is 0 Å². The van der Waals surface area contributed by atoms with Crippen LogP contribution in [0.25, 0.3) is 0 Å². The summed E-state index contributed by atoms with van der Waals surface area (Å²) in [5.74, 6) is 0. The first-order valence-electron chi connectivity index (χ1n) is 4.34. The van der Waals surface area contributed by atoms with Gasteiger partial charge in [-0.15, -0.1) is 0 Å². The summed E-state index contributed by atoms with van der Waals surface area (Å²) < 4.78 is 1.99. The lowest BCUT2D eigenvalue weighted by Gasteiger charge is -2.20. The summed E-state index contributed by atoms with van der Waals surface area (Å²) in [7, 11) is 4.07. The number of hydrogen-bond donors (Lipinski definition) is 0. The molecule has 0 aromatic carbocycles. The van der Waals surface area contributed by atoms with E-state index >= 15 is 0 Å². The second kappa shape index (κ2) is 2.65. The van der Waals surface area contributed by atoms with Crippen LogP contribution in [0.1, 0.15) is 32.0 Å². The fourth-order valence-electron chi connectivity index (χ4n) is 1.81. The van der Waals surface area contributed by atoms with Gasteiger partial charge in [-0.3, -0.25) is 4.68 Å². The highest BCUT2D eigenvalue weighted by atomic mass is 15.3. The van der Waals surface area contributed by atoms with E-state index in [2.05, 4.69) is 40.6 Å². The smallest absolute Gasteiger partial charge is 0.166 e. The third-order valence-electron chi connectivity index (χ3n) is 2.23. The molecule has 0 spiro atoms. The van der Waals surface area contributed by atoms with Crippen LogP contribution in [0, 0.1) is 6.92 Å². The van der Waals surface area contributed by atoms with E-state index < -0.39 is 0 Å². The number of nitrogens with zero attached hydrogens (tertiary/aromatic N) is 2. The molecule has 0 bridgehead atoms. The van der Waals surface area contributed by atoms with Crippen LogP contribution in [0.5, 0.6) is 0 Å². The highest BCUT2D eigenvalue weighted by Gasteiger charge is 2.21. The van der Waals surface area contributed by atoms with Crippen molar-refractivity contribution >= 4 is 13.4 Å². The Morgan fingerprint density at radius 1 is 1.33 bits per heavy atom. The summed E-state index contributed by atoms with van der Waals surface area (Å²) in [6, 6.07) is 0. The third-order valence-corrected chi connectivity index (χ3v) is 2.23. The molecule has 2 nitrogen and oxygen atoms in total. The second-order valence-electron chi connectivity index (χ2n) is 4.43. The highest BCUT2D eigenvalue weighted by Crippen LogP contribution is 2.23. The predicted molar refractivity (Wildman–Crippen MR) is 54.8 cm³/mol. The second-order valence-corrected chi connectivity index (χ2v) is 4.43. The maximum Gasteiger partial charge on any atom is 0.166 e. The Kier molecular flexibility index (Phi) is 2.07. The molecular formula is C9H17BN2. The minimum Gasteiger partial charge on any atom is -0.272 e. The first kappa shape index (κ1) is 9.36. The Morgan fingerprint density at radius 2 is 1.83 bits per heavy atom. The van der Waals surface area contributed by atoms with Crippen molar-refractivity contribution in [1.82, 2.24) is 9.78 Å². The fraction of sp³-hybridized carbons (Fsp3) is 0.667. The maximum absolute atomic E-state index is 4.39. The van der Waals surface area contributed by atoms with E-state index in [1.54, 1.807) is 0 Å². The van der Waals surface area contributed by atoms with E-state index in [1.807, 2.05) is 11.7 Å². The summed E-state index contributed by atoms with van der Waals surface area (Å²) in [6.45, 7) is 8.80. The van der Waals surface area contributed by atoms with Gasteiger partial charge in [0.05, 0.1) is 0 Å². The minimum absolute atomic E-state index is 0.195. The molecule has 1 heterocycles. The van der Waals surface area contributed by atoms with Gasteiger partial charge in [-0.25, -0.2) is 0 Å². The molecule has 0 aliphatic rings. The Bertz CT molecular complexity index is 294. The van der Waals surface area contributed by atoms with Crippen molar-refractivity contribution in [2.75, 3.05) is 0 Å². The SMILES string of the molecule is Bc1nn(C)c(C(C)(C)C)c1C. The molecule has 0 N–H and O–H groups in total. The lowest BCUT2D eigenvalue weighted by molar-refractivity contribution is 0.520. The molecule has 66 valence electrons. The van der Waals surface area contributed by atoms with Gasteiger partial charge in [-0.2, -0.15) is 5.10 Å². The monoisotopic (exact) mass is 164 g/mol. The Labute approximate surface area is 75.4 Å². The van der Waals surface area contributed by atoms with Gasteiger partial charge in [0.2, 0.25) is 0 Å². The highest BCUT2D eigenvalue weighted by molar-refractivity contribution is 6.31. The van der Waals surface area contributed by atoms with Crippen LogP contribution < -0.4 is 5.59 Å². The molecule has 0 aliphatic heterocycles. The van der Waals surface area contributed by atoms with Crippen molar-refractivity contribution in [2.45, 2.75) is 33.1 Å². The molecule has 12 heavy (non-hydrogen) atoms. The van der Waals surface area contributed by atoms with Crippen molar-refractivity contribution in [3.8, 4) is 0 Å². The van der Waals surface area contributed by atoms with Crippen LogP contribution in [0.2, 0.25) is 0 Å². The lowest BCUT2D eigenvalue weighted by atomic mass is 9.86. The minimum atomic E-state index is 0.195. The average molecular weight is 164 g/mol. The first-order chi connectivity index (χ1) is 5.34. The largest absolute Gasteiger partial charge is 0.272 e. The molecule has 0 atom stereocenters. The summed E-state index contributed by atoms with van der Waals surface area (Å²) in [4.78, 5) is 0. The van der Waals surface area contributed by atoms with Crippen LogP contribution in [-0.2, 0) is 12.5 Å². The summed E-state index contributed by atoms with van der Waals surface area (Å²) in [5.41, 5.74) is 3.99. The van der Waals surface area contributed by atoms with Gasteiger partial charge < -0.3 is 0 Å². The van der Waals surface area contributed by atoms with Gasteiger partial charge in [0.25, 0.3) is 0 Å². The molecule has 1 aromatic heterocycles. The molecule has 0 fully saturated rings. The van der Waals surface area contributed by atoms with E-state index in [-0.39, 0.29) is 5.41 Å². The molecule has 0 aliphatic carbocycles. The third kappa shape index (κ3) is 1.40.